The van der Waals surface area contributed by atoms with Gasteiger partial charge in [0.15, 0.2) is 17.7 Å². The van der Waals surface area contributed by atoms with Crippen LogP contribution >= 0.6 is 11.3 Å². The first-order valence-electron chi connectivity index (χ1n) is 19.0. The zero-order valence-corrected chi connectivity index (χ0v) is 34.2. The molecule has 3 N–H and O–H groups in total. The van der Waals surface area contributed by atoms with Gasteiger partial charge < -0.3 is 34.5 Å². The lowest BCUT2D eigenvalue weighted by Crippen LogP contribution is -2.61. The van der Waals surface area contributed by atoms with Gasteiger partial charge in [0.05, 0.1) is 36.6 Å². The molecule has 2 aromatic rings. The fourth-order valence-electron chi connectivity index (χ4n) is 8.42. The summed E-state index contributed by atoms with van der Waals surface area (Å²) < 4.78 is 48.3. The van der Waals surface area contributed by atoms with Crippen LogP contribution in [0.25, 0.3) is 10.7 Å². The number of ketones is 2. The van der Waals surface area contributed by atoms with Gasteiger partial charge in [-0.2, -0.15) is 0 Å². The zero-order valence-electron chi connectivity index (χ0n) is 33.4. The monoisotopic (exact) mass is 806 g/mol. The molecule has 16 nitrogen and oxygen atoms in total. The zero-order chi connectivity index (χ0) is 41.3. The number of halogens is 1. The van der Waals surface area contributed by atoms with Gasteiger partial charge in [0.25, 0.3) is 5.67 Å². The minimum absolute atomic E-state index is 0.0102. The number of nitrogens with zero attached hydrogens (tertiary/aromatic N) is 5. The van der Waals surface area contributed by atoms with E-state index in [4.69, 9.17) is 29.4 Å². The number of aliphatic hydroxyl groups is 1. The Morgan fingerprint density at radius 1 is 1.11 bits per heavy atom. The van der Waals surface area contributed by atoms with Crippen LogP contribution < -0.4 is 5.73 Å². The van der Waals surface area contributed by atoms with Crippen LogP contribution in [0.1, 0.15) is 74.7 Å². The summed E-state index contributed by atoms with van der Waals surface area (Å²) in [7, 11) is 1.37. The molecule has 0 bridgehead atoms. The minimum Gasteiger partial charge on any atom is -0.455 e. The van der Waals surface area contributed by atoms with E-state index >= 15 is 4.39 Å². The van der Waals surface area contributed by atoms with Gasteiger partial charge in [-0.25, -0.2) is 23.6 Å². The Morgan fingerprint density at radius 3 is 2.45 bits per heavy atom. The molecule has 18 heteroatoms. The Hall–Kier alpha value is -3.68. The van der Waals surface area contributed by atoms with Crippen LogP contribution in [0.15, 0.2) is 29.9 Å². The molecule has 3 aliphatic heterocycles. The summed E-state index contributed by atoms with van der Waals surface area (Å²) in [6, 6.07) is -1.71. The number of allylic oxidation sites excluding steroid dienone is 1. The first kappa shape index (κ1) is 43.4. The van der Waals surface area contributed by atoms with Gasteiger partial charge >= 0.3 is 12.1 Å². The predicted molar refractivity (Wildman–Crippen MR) is 201 cm³/mol. The Balaban J connectivity index is 1.49. The highest BCUT2D eigenvalue weighted by Crippen LogP contribution is 2.43. The third-order valence-corrected chi connectivity index (χ3v) is 12.3. The summed E-state index contributed by atoms with van der Waals surface area (Å²) in [5, 5.41) is 21.8. The van der Waals surface area contributed by atoms with Crippen molar-refractivity contribution in [2.24, 2.45) is 23.5 Å². The third-order valence-electron chi connectivity index (χ3n) is 11.5. The van der Waals surface area contributed by atoms with Crippen LogP contribution in [-0.2, 0) is 44.6 Å². The van der Waals surface area contributed by atoms with E-state index in [0.29, 0.717) is 18.7 Å². The fourth-order valence-corrected chi connectivity index (χ4v) is 9.01. The van der Waals surface area contributed by atoms with Crippen LogP contribution in [0.2, 0.25) is 0 Å². The molecule has 3 unspecified atom stereocenters. The molecule has 13 atom stereocenters. The lowest BCUT2D eigenvalue weighted by atomic mass is 9.73. The number of ether oxygens (including phenoxy) is 5. The third kappa shape index (κ3) is 8.45. The molecular weight excluding hydrogens is 752 g/mol. The smallest absolute Gasteiger partial charge is 0.411 e. The highest BCUT2D eigenvalue weighted by atomic mass is 32.1. The van der Waals surface area contributed by atoms with E-state index in [1.165, 1.54) is 30.3 Å². The number of nitrogens with two attached hydrogens (primary N) is 1. The molecular formula is C38H55FN6O10S. The maximum absolute atomic E-state index is 16.7. The molecule has 5 rings (SSSR count). The van der Waals surface area contributed by atoms with Crippen molar-refractivity contribution in [1.29, 1.82) is 0 Å². The number of Topliss-reactive ketones (excluding diaryl/α,β-unsaturated/α-hetero) is 2. The second-order valence-electron chi connectivity index (χ2n) is 15.8. The molecule has 56 heavy (non-hydrogen) atoms. The van der Waals surface area contributed by atoms with E-state index in [-0.39, 0.29) is 25.2 Å². The molecule has 0 aromatic carbocycles. The van der Waals surface area contributed by atoms with E-state index < -0.39 is 95.3 Å². The van der Waals surface area contributed by atoms with Crippen molar-refractivity contribution < 1.29 is 52.4 Å². The maximum Gasteiger partial charge on any atom is 0.411 e. The fraction of sp³-hybridized carbons (Fsp3) is 0.711. The number of alkyl halides is 1. The molecule has 2 aromatic heterocycles. The van der Waals surface area contributed by atoms with Crippen molar-refractivity contribution in [3.05, 3.63) is 29.9 Å². The molecule has 3 fully saturated rings. The summed E-state index contributed by atoms with van der Waals surface area (Å²) in [6.07, 6.45) is 0.884. The SMILES string of the molecule is CC[C@H]1OC(=O)[C@@](C)(F)C(=O)[C@H](C)[C@@H](O[C@@H]2OC(C)CC(N)C2O)[C@](C)(OC)C[C@@H](C)C(=O)[C@H](C)[C@H]2N(C/C=C/Cn3cc(-c4nccs4)nn3)C(=O)O[C@]12C. The summed E-state index contributed by atoms with van der Waals surface area (Å²) in [6.45, 7) is 12.5. The Kier molecular flexibility index (Phi) is 13.2. The highest BCUT2D eigenvalue weighted by molar-refractivity contribution is 7.13. The molecule has 0 radical (unpaired) electrons. The number of methoxy groups -OCH3 is 1. The van der Waals surface area contributed by atoms with Gasteiger partial charge in [-0.15, -0.1) is 16.4 Å². The predicted octanol–water partition coefficient (Wildman–Crippen LogP) is 3.65. The number of carbonyl (C=O) groups is 4. The minimum atomic E-state index is -3.20. The van der Waals surface area contributed by atoms with Gasteiger partial charge in [0.2, 0.25) is 0 Å². The summed E-state index contributed by atoms with van der Waals surface area (Å²) >= 11 is 1.44. The first-order valence-corrected chi connectivity index (χ1v) is 19.9. The number of rotatable bonds is 9. The molecule has 0 saturated carbocycles. The molecule has 0 aliphatic carbocycles. The average Bonchev–Trinajstić information content (AvgIpc) is 3.91. The number of hydrogen-bond donors (Lipinski definition) is 2. The number of aliphatic hydroxyl groups excluding tert-OH is 1. The number of aromatic nitrogens is 4. The van der Waals surface area contributed by atoms with Gasteiger partial charge in [-0.3, -0.25) is 14.5 Å². The van der Waals surface area contributed by atoms with E-state index in [1.54, 1.807) is 70.8 Å². The number of carbonyl (C=O) groups excluding carboxylic acids is 4. The normalized spacial score (nSPS) is 39.0. The number of cyclic esters (lactones) is 1. The average molecular weight is 807 g/mol. The quantitative estimate of drug-likeness (QED) is 0.211. The van der Waals surface area contributed by atoms with E-state index in [2.05, 4.69) is 15.3 Å². The highest BCUT2D eigenvalue weighted by Gasteiger charge is 2.61. The number of fused-ring (bicyclic) bond motifs is 1. The number of amides is 1. The molecule has 3 aliphatic rings. The van der Waals surface area contributed by atoms with Crippen molar-refractivity contribution in [2.45, 2.75) is 141 Å². The maximum atomic E-state index is 16.7. The van der Waals surface area contributed by atoms with Gasteiger partial charge in [0, 0.05) is 49.0 Å². The largest absolute Gasteiger partial charge is 0.455 e. The summed E-state index contributed by atoms with van der Waals surface area (Å²) in [5.41, 5.74) is 0.478. The van der Waals surface area contributed by atoms with Crippen LogP contribution in [0, 0.1) is 17.8 Å². The van der Waals surface area contributed by atoms with E-state index in [1.807, 2.05) is 5.38 Å². The lowest BCUT2D eigenvalue weighted by Gasteiger charge is -2.46. The second-order valence-corrected chi connectivity index (χ2v) is 16.7. The number of hydrogen-bond acceptors (Lipinski definition) is 15. The molecule has 0 spiro atoms. The van der Waals surface area contributed by atoms with Gasteiger partial charge in [-0.05, 0) is 47.0 Å². The second kappa shape index (κ2) is 17.0. The lowest BCUT2D eigenvalue weighted by molar-refractivity contribution is -0.288. The Labute approximate surface area is 330 Å². The van der Waals surface area contributed by atoms with Crippen molar-refractivity contribution in [3.8, 4) is 10.7 Å². The number of esters is 1. The molecule has 1 amide bonds. The summed E-state index contributed by atoms with van der Waals surface area (Å²) in [5.74, 6) is -6.01. The van der Waals surface area contributed by atoms with E-state index in [9.17, 15) is 24.3 Å². The van der Waals surface area contributed by atoms with Crippen molar-refractivity contribution in [2.75, 3.05) is 13.7 Å². The Bertz CT molecular complexity index is 1760. The first-order chi connectivity index (χ1) is 26.3. The molecule has 3 saturated heterocycles. The molecule has 5 heterocycles. The van der Waals surface area contributed by atoms with Crippen molar-refractivity contribution in [3.63, 3.8) is 0 Å². The standard InChI is InChI=1S/C38H55FN6O10S/c1-10-26-38(8)29(45(35(50)55-38)15-12-11-14-44-19-25(42-43-44)32-41-13-16-56-32)22(4)27(46)20(2)18-36(6,51-9)31(23(5)30(48)37(7,39)34(49)53-26)54-33-28(47)24(40)17-21(3)52-33/h11-13,16,19-24,26,28-29,31,33,47H,10,14-15,17-18,40H2,1-9H3/b12-11+/t20-,21?,22+,23+,24?,26-,28?,29-,31-,33+,36-,37+,38-/m1/s1. The van der Waals surface area contributed by atoms with Crippen molar-refractivity contribution >= 4 is 35.0 Å². The number of thiazole rings is 1. The van der Waals surface area contributed by atoms with E-state index in [0.717, 1.165) is 11.9 Å². The van der Waals surface area contributed by atoms with Gasteiger partial charge in [0.1, 0.15) is 28.7 Å². The topological polar surface area (TPSA) is 208 Å². The van der Waals surface area contributed by atoms with Crippen molar-refractivity contribution in [1.82, 2.24) is 24.9 Å². The Morgan fingerprint density at radius 2 is 1.80 bits per heavy atom. The van der Waals surface area contributed by atoms with Crippen LogP contribution in [-0.4, -0.2) is 127 Å². The van der Waals surface area contributed by atoms with Crippen LogP contribution in [0.3, 0.4) is 0 Å². The van der Waals surface area contributed by atoms with Gasteiger partial charge in [-0.1, -0.05) is 45.1 Å². The molecule has 310 valence electrons. The van der Waals surface area contributed by atoms with Crippen LogP contribution in [0.5, 0.6) is 0 Å². The summed E-state index contributed by atoms with van der Waals surface area (Å²) in [4.78, 5) is 61.8. The van der Waals surface area contributed by atoms with Crippen LogP contribution in [0.4, 0.5) is 9.18 Å².